The van der Waals surface area contributed by atoms with Gasteiger partial charge in [-0.25, -0.2) is 4.98 Å². The molecule has 0 N–H and O–H groups in total. The fourth-order valence-electron chi connectivity index (χ4n) is 2.73. The fraction of sp³-hybridized carbons (Fsp3) is 0.467. The van der Waals surface area contributed by atoms with Gasteiger partial charge in [-0.1, -0.05) is 11.3 Å². The van der Waals surface area contributed by atoms with Crippen molar-refractivity contribution < 1.29 is 18.0 Å². The highest BCUT2D eigenvalue weighted by Gasteiger charge is 2.32. The minimum atomic E-state index is -4.37. The van der Waals surface area contributed by atoms with Gasteiger partial charge in [0.15, 0.2) is 5.13 Å². The summed E-state index contributed by atoms with van der Waals surface area (Å²) in [7, 11) is 3.45. The third-order valence-electron chi connectivity index (χ3n) is 3.95. The van der Waals surface area contributed by atoms with Crippen LogP contribution in [0.1, 0.15) is 12.0 Å². The molecule has 1 fully saturated rings. The van der Waals surface area contributed by atoms with Crippen molar-refractivity contribution in [2.75, 3.05) is 32.1 Å². The maximum Gasteiger partial charge on any atom is 0.416 e. The molecule has 0 aliphatic carbocycles. The van der Waals surface area contributed by atoms with E-state index in [0.717, 1.165) is 23.3 Å². The summed E-state index contributed by atoms with van der Waals surface area (Å²) in [5.74, 6) is -0.00397. The predicted octanol–water partition coefficient (Wildman–Crippen LogP) is 3.23. The standard InChI is InChI=1S/C15H16F3N3OS/c1-20(2)13(22)9-5-6-21(8-9)14-19-11-7-10(15(16,17)18)3-4-12(11)23-14/h3-4,7,9H,5-6,8H2,1-2H3/t9-/m0/s1. The number of thiazole rings is 1. The first-order chi connectivity index (χ1) is 10.8. The molecular formula is C15H16F3N3OS. The predicted molar refractivity (Wildman–Crippen MR) is 83.6 cm³/mol. The number of anilines is 1. The molecule has 3 rings (SSSR count). The average Bonchev–Trinajstić information content (AvgIpc) is 3.10. The highest BCUT2D eigenvalue weighted by atomic mass is 32.1. The number of amides is 1. The molecule has 1 aromatic carbocycles. The van der Waals surface area contributed by atoms with E-state index in [1.165, 1.54) is 17.4 Å². The van der Waals surface area contributed by atoms with Crippen LogP contribution in [-0.4, -0.2) is 43.0 Å². The van der Waals surface area contributed by atoms with E-state index in [1.807, 2.05) is 4.90 Å². The Kier molecular flexibility index (Phi) is 3.95. The molecule has 1 atom stereocenters. The quantitative estimate of drug-likeness (QED) is 0.840. The first-order valence-corrected chi connectivity index (χ1v) is 8.01. The first-order valence-electron chi connectivity index (χ1n) is 7.19. The molecule has 0 saturated carbocycles. The van der Waals surface area contributed by atoms with Crippen molar-refractivity contribution in [1.82, 2.24) is 9.88 Å². The smallest absolute Gasteiger partial charge is 0.349 e. The third kappa shape index (κ3) is 3.12. The Hall–Kier alpha value is -1.83. The summed E-state index contributed by atoms with van der Waals surface area (Å²) in [5, 5.41) is 0.674. The Labute approximate surface area is 135 Å². The SMILES string of the molecule is CN(C)C(=O)[C@H]1CCN(c2nc3cc(C(F)(F)F)ccc3s2)C1. The minimum absolute atomic E-state index is 0.0768. The number of hydrogen-bond donors (Lipinski definition) is 0. The van der Waals surface area contributed by atoms with Gasteiger partial charge in [-0.15, -0.1) is 0 Å². The zero-order valence-corrected chi connectivity index (χ0v) is 13.5. The van der Waals surface area contributed by atoms with Gasteiger partial charge in [0.1, 0.15) is 0 Å². The molecule has 4 nitrogen and oxygen atoms in total. The largest absolute Gasteiger partial charge is 0.416 e. The molecule has 124 valence electrons. The Morgan fingerprint density at radius 3 is 2.78 bits per heavy atom. The van der Waals surface area contributed by atoms with Gasteiger partial charge in [0.25, 0.3) is 0 Å². The molecule has 0 radical (unpaired) electrons. The van der Waals surface area contributed by atoms with Crippen LogP contribution in [0.3, 0.4) is 0 Å². The lowest BCUT2D eigenvalue weighted by atomic mass is 10.1. The number of rotatable bonds is 2. The van der Waals surface area contributed by atoms with E-state index in [2.05, 4.69) is 4.98 Å². The minimum Gasteiger partial charge on any atom is -0.349 e. The second-order valence-electron chi connectivity index (χ2n) is 5.84. The molecule has 1 amide bonds. The Balaban J connectivity index is 1.83. The van der Waals surface area contributed by atoms with Crippen LogP contribution in [0.5, 0.6) is 0 Å². The van der Waals surface area contributed by atoms with Crippen LogP contribution in [0.2, 0.25) is 0 Å². The third-order valence-corrected chi connectivity index (χ3v) is 5.05. The second-order valence-corrected chi connectivity index (χ2v) is 6.85. The van der Waals surface area contributed by atoms with Crippen molar-refractivity contribution in [3.05, 3.63) is 23.8 Å². The molecule has 2 aromatic rings. The number of fused-ring (bicyclic) bond motifs is 1. The molecular weight excluding hydrogens is 327 g/mol. The second kappa shape index (κ2) is 5.67. The van der Waals surface area contributed by atoms with Crippen LogP contribution < -0.4 is 4.90 Å². The van der Waals surface area contributed by atoms with Gasteiger partial charge >= 0.3 is 6.18 Å². The molecule has 0 spiro atoms. The molecule has 1 saturated heterocycles. The van der Waals surface area contributed by atoms with Crippen LogP contribution in [-0.2, 0) is 11.0 Å². The summed E-state index contributed by atoms with van der Waals surface area (Å²) in [5.41, 5.74) is -0.342. The monoisotopic (exact) mass is 343 g/mol. The number of nitrogens with zero attached hydrogens (tertiary/aromatic N) is 3. The summed E-state index contributed by atoms with van der Waals surface area (Å²) in [4.78, 5) is 19.9. The average molecular weight is 343 g/mol. The molecule has 1 aromatic heterocycles. The summed E-state index contributed by atoms with van der Waals surface area (Å²) in [6, 6.07) is 3.61. The van der Waals surface area contributed by atoms with E-state index >= 15 is 0 Å². The molecule has 0 bridgehead atoms. The number of carbonyl (C=O) groups is 1. The van der Waals surface area contributed by atoms with Crippen molar-refractivity contribution in [2.45, 2.75) is 12.6 Å². The van der Waals surface area contributed by atoms with E-state index in [1.54, 1.807) is 19.0 Å². The highest BCUT2D eigenvalue weighted by molar-refractivity contribution is 7.22. The maximum atomic E-state index is 12.8. The number of alkyl halides is 3. The highest BCUT2D eigenvalue weighted by Crippen LogP contribution is 2.36. The number of hydrogen-bond acceptors (Lipinski definition) is 4. The summed E-state index contributed by atoms with van der Waals surface area (Å²) >= 11 is 1.36. The summed E-state index contributed by atoms with van der Waals surface area (Å²) < 4.78 is 39.0. The van der Waals surface area contributed by atoms with Crippen molar-refractivity contribution >= 4 is 32.6 Å². The lowest BCUT2D eigenvalue weighted by molar-refractivity contribution is -0.137. The molecule has 1 aliphatic heterocycles. The van der Waals surface area contributed by atoms with Crippen LogP contribution in [0.4, 0.5) is 18.3 Å². The normalized spacial score (nSPS) is 18.7. The van der Waals surface area contributed by atoms with Crippen molar-refractivity contribution in [1.29, 1.82) is 0 Å². The van der Waals surface area contributed by atoms with Gasteiger partial charge in [0.05, 0.1) is 21.7 Å². The zero-order chi connectivity index (χ0) is 16.8. The van der Waals surface area contributed by atoms with E-state index in [9.17, 15) is 18.0 Å². The van der Waals surface area contributed by atoms with E-state index in [-0.39, 0.29) is 11.8 Å². The number of benzene rings is 1. The lowest BCUT2D eigenvalue weighted by Crippen LogP contribution is -2.31. The lowest BCUT2D eigenvalue weighted by Gasteiger charge is -2.17. The van der Waals surface area contributed by atoms with Gasteiger partial charge in [0.2, 0.25) is 5.91 Å². The zero-order valence-electron chi connectivity index (χ0n) is 12.7. The molecule has 0 unspecified atom stereocenters. The van der Waals surface area contributed by atoms with Crippen LogP contribution >= 0.6 is 11.3 Å². The van der Waals surface area contributed by atoms with Crippen molar-refractivity contribution in [3.63, 3.8) is 0 Å². The topological polar surface area (TPSA) is 36.4 Å². The first kappa shape index (κ1) is 16.0. The Bertz CT molecular complexity index is 741. The van der Waals surface area contributed by atoms with E-state index in [4.69, 9.17) is 0 Å². The van der Waals surface area contributed by atoms with Gasteiger partial charge in [-0.2, -0.15) is 13.2 Å². The van der Waals surface area contributed by atoms with E-state index < -0.39 is 11.7 Å². The van der Waals surface area contributed by atoms with E-state index in [0.29, 0.717) is 23.7 Å². The number of carbonyl (C=O) groups excluding carboxylic acids is 1. The van der Waals surface area contributed by atoms with Crippen LogP contribution in [0, 0.1) is 5.92 Å². The number of halogens is 3. The Morgan fingerprint density at radius 1 is 1.39 bits per heavy atom. The molecule has 1 aliphatic rings. The molecule has 23 heavy (non-hydrogen) atoms. The summed E-state index contributed by atoms with van der Waals surface area (Å²) in [6.45, 7) is 1.25. The number of aromatic nitrogens is 1. The van der Waals surface area contributed by atoms with Crippen LogP contribution in [0.25, 0.3) is 10.2 Å². The van der Waals surface area contributed by atoms with Gasteiger partial charge < -0.3 is 9.80 Å². The van der Waals surface area contributed by atoms with Gasteiger partial charge in [-0.3, -0.25) is 4.79 Å². The van der Waals surface area contributed by atoms with Crippen molar-refractivity contribution in [3.8, 4) is 0 Å². The van der Waals surface area contributed by atoms with Crippen LogP contribution in [0.15, 0.2) is 18.2 Å². The maximum absolute atomic E-state index is 12.8. The van der Waals surface area contributed by atoms with Crippen molar-refractivity contribution in [2.24, 2.45) is 5.92 Å². The van der Waals surface area contributed by atoms with Gasteiger partial charge in [-0.05, 0) is 24.6 Å². The molecule has 2 heterocycles. The fourth-order valence-corrected chi connectivity index (χ4v) is 3.71. The Morgan fingerprint density at radius 2 is 2.13 bits per heavy atom. The summed E-state index contributed by atoms with van der Waals surface area (Å²) in [6.07, 6.45) is -3.63. The van der Waals surface area contributed by atoms with Gasteiger partial charge in [0, 0.05) is 27.2 Å². The molecule has 8 heteroatoms.